The summed E-state index contributed by atoms with van der Waals surface area (Å²) in [5.41, 5.74) is 3.23. The summed E-state index contributed by atoms with van der Waals surface area (Å²) < 4.78 is 5.06. The summed E-state index contributed by atoms with van der Waals surface area (Å²) in [5, 5.41) is 8.35. The summed E-state index contributed by atoms with van der Waals surface area (Å²) in [6, 6.07) is 17.6. The quantitative estimate of drug-likeness (QED) is 0.525. The predicted octanol–water partition coefficient (Wildman–Crippen LogP) is 3.98. The summed E-state index contributed by atoms with van der Waals surface area (Å²) in [4.78, 5) is 37.8. The Balaban J connectivity index is 1.22. The van der Waals surface area contributed by atoms with E-state index in [1.807, 2.05) is 41.3 Å². The van der Waals surface area contributed by atoms with Crippen LogP contribution in [0.15, 0.2) is 71.3 Å². The van der Waals surface area contributed by atoms with Gasteiger partial charge in [0.15, 0.2) is 5.76 Å². The van der Waals surface area contributed by atoms with Gasteiger partial charge in [0.25, 0.3) is 5.91 Å². The maximum Gasteiger partial charge on any atom is 0.319 e. The van der Waals surface area contributed by atoms with Crippen LogP contribution >= 0.6 is 0 Å². The van der Waals surface area contributed by atoms with E-state index in [0.717, 1.165) is 24.1 Å². The van der Waals surface area contributed by atoms with Crippen LogP contribution in [0.3, 0.4) is 0 Å². The van der Waals surface area contributed by atoms with Gasteiger partial charge in [-0.2, -0.15) is 0 Å². The van der Waals surface area contributed by atoms with Crippen molar-refractivity contribution in [2.24, 2.45) is 0 Å². The fourth-order valence-corrected chi connectivity index (χ4v) is 3.45. The maximum absolute atomic E-state index is 12.2. The van der Waals surface area contributed by atoms with Crippen LogP contribution in [0.25, 0.3) is 0 Å². The van der Waals surface area contributed by atoms with Crippen LogP contribution < -0.4 is 16.0 Å². The lowest BCUT2D eigenvalue weighted by molar-refractivity contribution is -0.128. The summed E-state index contributed by atoms with van der Waals surface area (Å²) in [6.07, 6.45) is 2.99. The number of amides is 4. The number of likely N-dealkylation sites (tertiary alicyclic amines) is 1. The fourth-order valence-electron chi connectivity index (χ4n) is 3.45. The first-order chi connectivity index (χ1) is 15.6. The Kier molecular flexibility index (Phi) is 6.50. The summed E-state index contributed by atoms with van der Waals surface area (Å²) in [5.74, 6) is 0.114. The van der Waals surface area contributed by atoms with E-state index in [1.54, 1.807) is 24.3 Å². The molecule has 1 aromatic heterocycles. The molecule has 1 aliphatic heterocycles. The van der Waals surface area contributed by atoms with Gasteiger partial charge in [0.2, 0.25) is 5.91 Å². The highest BCUT2D eigenvalue weighted by molar-refractivity contribution is 6.02. The number of urea groups is 1. The van der Waals surface area contributed by atoms with Crippen molar-refractivity contribution in [2.75, 3.05) is 17.2 Å². The van der Waals surface area contributed by atoms with Gasteiger partial charge in [-0.05, 0) is 53.9 Å². The highest BCUT2D eigenvalue weighted by Crippen LogP contribution is 2.16. The van der Waals surface area contributed by atoms with Crippen molar-refractivity contribution in [3.05, 3.63) is 83.8 Å². The number of benzene rings is 2. The first-order valence-corrected chi connectivity index (χ1v) is 10.4. The molecule has 164 valence electrons. The molecular formula is C24H24N4O4. The van der Waals surface area contributed by atoms with E-state index in [-0.39, 0.29) is 23.6 Å². The fraction of sp³-hybridized carbons (Fsp3) is 0.208. The Bertz CT molecular complexity index is 1080. The molecule has 0 atom stereocenters. The van der Waals surface area contributed by atoms with Gasteiger partial charge in [0.1, 0.15) is 0 Å². The lowest BCUT2D eigenvalue weighted by atomic mass is 10.2. The molecule has 1 saturated heterocycles. The highest BCUT2D eigenvalue weighted by atomic mass is 16.3. The molecule has 0 radical (unpaired) electrons. The molecule has 8 nitrogen and oxygen atoms in total. The molecule has 8 heteroatoms. The van der Waals surface area contributed by atoms with Crippen LogP contribution in [0.2, 0.25) is 0 Å². The molecule has 0 unspecified atom stereocenters. The van der Waals surface area contributed by atoms with Gasteiger partial charge in [0.05, 0.1) is 6.26 Å². The second kappa shape index (κ2) is 9.82. The zero-order valence-electron chi connectivity index (χ0n) is 17.5. The molecule has 2 heterocycles. The zero-order chi connectivity index (χ0) is 22.3. The molecule has 0 saturated carbocycles. The molecule has 2 aromatic carbocycles. The van der Waals surface area contributed by atoms with E-state index < -0.39 is 0 Å². The SMILES string of the molecule is O=C(NCc1ccc(NC(=O)c2ccco2)cc1)Nc1ccc(CN2CCCC2=O)cc1. The number of carbonyl (C=O) groups excluding carboxylic acids is 3. The number of anilines is 2. The average Bonchev–Trinajstić information content (AvgIpc) is 3.47. The van der Waals surface area contributed by atoms with Crippen LogP contribution in [0.5, 0.6) is 0 Å². The van der Waals surface area contributed by atoms with Gasteiger partial charge in [-0.3, -0.25) is 9.59 Å². The molecule has 1 aliphatic rings. The lowest BCUT2D eigenvalue weighted by Gasteiger charge is -2.15. The number of nitrogens with zero attached hydrogens (tertiary/aromatic N) is 1. The largest absolute Gasteiger partial charge is 0.459 e. The number of rotatable bonds is 7. The number of hydrogen-bond donors (Lipinski definition) is 3. The lowest BCUT2D eigenvalue weighted by Crippen LogP contribution is -2.28. The van der Waals surface area contributed by atoms with Crippen molar-refractivity contribution in [3.8, 4) is 0 Å². The molecule has 32 heavy (non-hydrogen) atoms. The Hall–Kier alpha value is -4.07. The van der Waals surface area contributed by atoms with Crippen LogP contribution in [-0.4, -0.2) is 29.3 Å². The maximum atomic E-state index is 12.2. The summed E-state index contributed by atoms with van der Waals surface area (Å²) in [6.45, 7) is 1.75. The Labute approximate surface area is 185 Å². The van der Waals surface area contributed by atoms with E-state index >= 15 is 0 Å². The monoisotopic (exact) mass is 432 g/mol. The smallest absolute Gasteiger partial charge is 0.319 e. The molecule has 0 spiro atoms. The second-order valence-corrected chi connectivity index (χ2v) is 7.55. The molecule has 0 aliphatic carbocycles. The third-order valence-corrected chi connectivity index (χ3v) is 5.17. The van der Waals surface area contributed by atoms with Crippen molar-refractivity contribution in [2.45, 2.75) is 25.9 Å². The van der Waals surface area contributed by atoms with E-state index in [4.69, 9.17) is 4.42 Å². The molecule has 3 N–H and O–H groups in total. The highest BCUT2D eigenvalue weighted by Gasteiger charge is 2.19. The number of nitrogens with one attached hydrogen (secondary N) is 3. The van der Waals surface area contributed by atoms with Gasteiger partial charge in [-0.1, -0.05) is 24.3 Å². The summed E-state index contributed by atoms with van der Waals surface area (Å²) >= 11 is 0. The summed E-state index contributed by atoms with van der Waals surface area (Å²) in [7, 11) is 0. The zero-order valence-corrected chi connectivity index (χ0v) is 17.5. The van der Waals surface area contributed by atoms with Crippen molar-refractivity contribution in [3.63, 3.8) is 0 Å². The first-order valence-electron chi connectivity index (χ1n) is 10.4. The molecule has 3 aromatic rings. The van der Waals surface area contributed by atoms with Gasteiger partial charge in [0, 0.05) is 37.4 Å². The minimum absolute atomic E-state index is 0.194. The van der Waals surface area contributed by atoms with Crippen molar-refractivity contribution < 1.29 is 18.8 Å². The van der Waals surface area contributed by atoms with Crippen molar-refractivity contribution in [1.82, 2.24) is 10.2 Å². The Morgan fingerprint density at radius 2 is 1.59 bits per heavy atom. The second-order valence-electron chi connectivity index (χ2n) is 7.55. The van der Waals surface area contributed by atoms with Gasteiger partial charge in [-0.25, -0.2) is 4.79 Å². The molecular weight excluding hydrogens is 408 g/mol. The molecule has 4 rings (SSSR count). The van der Waals surface area contributed by atoms with Crippen molar-refractivity contribution >= 4 is 29.2 Å². The molecule has 1 fully saturated rings. The Morgan fingerprint density at radius 1 is 0.906 bits per heavy atom. The van der Waals surface area contributed by atoms with Gasteiger partial charge in [-0.15, -0.1) is 0 Å². The third-order valence-electron chi connectivity index (χ3n) is 5.17. The Morgan fingerprint density at radius 3 is 2.22 bits per heavy atom. The molecule has 0 bridgehead atoms. The average molecular weight is 432 g/mol. The van der Waals surface area contributed by atoms with Gasteiger partial charge >= 0.3 is 6.03 Å². The normalized spacial score (nSPS) is 13.1. The topological polar surface area (TPSA) is 104 Å². The van der Waals surface area contributed by atoms with E-state index in [0.29, 0.717) is 30.9 Å². The van der Waals surface area contributed by atoms with E-state index in [2.05, 4.69) is 16.0 Å². The van der Waals surface area contributed by atoms with Gasteiger partial charge < -0.3 is 25.3 Å². The van der Waals surface area contributed by atoms with Crippen LogP contribution in [0.4, 0.5) is 16.2 Å². The van der Waals surface area contributed by atoms with Crippen molar-refractivity contribution in [1.29, 1.82) is 0 Å². The van der Waals surface area contributed by atoms with Crippen LogP contribution in [0.1, 0.15) is 34.5 Å². The standard InChI is InChI=1S/C24H24N4O4/c29-22-4-1-13-28(22)16-18-7-11-20(12-8-18)27-24(31)25-15-17-5-9-19(10-6-17)26-23(30)21-3-2-14-32-21/h2-3,5-12,14H,1,4,13,15-16H2,(H,26,30)(H2,25,27,31). The first kappa shape index (κ1) is 21.2. The number of furan rings is 1. The minimum Gasteiger partial charge on any atom is -0.459 e. The van der Waals surface area contributed by atoms with Crippen LogP contribution in [-0.2, 0) is 17.9 Å². The van der Waals surface area contributed by atoms with E-state index in [1.165, 1.54) is 6.26 Å². The number of carbonyl (C=O) groups is 3. The van der Waals surface area contributed by atoms with Crippen LogP contribution in [0, 0.1) is 0 Å². The molecule has 4 amide bonds. The number of hydrogen-bond acceptors (Lipinski definition) is 4. The van der Waals surface area contributed by atoms with E-state index in [9.17, 15) is 14.4 Å². The minimum atomic E-state index is -0.321. The third kappa shape index (κ3) is 5.54. The predicted molar refractivity (Wildman–Crippen MR) is 120 cm³/mol.